The Kier molecular flexibility index (Phi) is 3.62. The van der Waals surface area contributed by atoms with Crippen LogP contribution in [0, 0.1) is 0 Å². The van der Waals surface area contributed by atoms with E-state index in [1.165, 1.54) is 0 Å². The largest absolute Gasteiger partial charge is 0.396 e. The van der Waals surface area contributed by atoms with Gasteiger partial charge in [0.1, 0.15) is 0 Å². The number of anilines is 3. The van der Waals surface area contributed by atoms with Crippen LogP contribution in [0.4, 0.5) is 17.2 Å². The lowest BCUT2D eigenvalue weighted by Crippen LogP contribution is -1.99. The molecular formula is C11H8Cl3N3. The Labute approximate surface area is 114 Å². The van der Waals surface area contributed by atoms with Crippen LogP contribution in [0.3, 0.4) is 0 Å². The fourth-order valence-corrected chi connectivity index (χ4v) is 1.86. The van der Waals surface area contributed by atoms with E-state index in [0.717, 1.165) is 0 Å². The quantitative estimate of drug-likeness (QED) is 0.807. The van der Waals surface area contributed by atoms with Crippen molar-refractivity contribution in [1.29, 1.82) is 0 Å². The average Bonchev–Trinajstić information content (AvgIpc) is 2.29. The molecule has 6 heteroatoms. The van der Waals surface area contributed by atoms with E-state index in [1.54, 1.807) is 30.5 Å². The Morgan fingerprint density at radius 2 is 1.76 bits per heavy atom. The first-order valence-electron chi connectivity index (χ1n) is 4.70. The van der Waals surface area contributed by atoms with E-state index in [9.17, 15) is 0 Å². The lowest BCUT2D eigenvalue weighted by Gasteiger charge is -2.10. The molecule has 0 aliphatic rings. The molecule has 0 saturated heterocycles. The van der Waals surface area contributed by atoms with Gasteiger partial charge in [0.15, 0.2) is 5.82 Å². The molecule has 0 atom stereocenters. The number of nitrogens with zero attached hydrogens (tertiary/aromatic N) is 1. The first kappa shape index (κ1) is 12.3. The lowest BCUT2D eigenvalue weighted by molar-refractivity contribution is 1.31. The number of nitrogens with two attached hydrogens (primary N) is 1. The Morgan fingerprint density at radius 1 is 1.06 bits per heavy atom. The third-order valence-corrected chi connectivity index (χ3v) is 3.14. The third kappa shape index (κ3) is 2.75. The molecule has 3 nitrogen and oxygen atoms in total. The van der Waals surface area contributed by atoms with Crippen LogP contribution in [0.15, 0.2) is 30.5 Å². The van der Waals surface area contributed by atoms with Crippen LogP contribution < -0.4 is 11.1 Å². The van der Waals surface area contributed by atoms with Crippen LogP contribution in [0.5, 0.6) is 0 Å². The Hall–Kier alpha value is -1.16. The zero-order valence-corrected chi connectivity index (χ0v) is 10.8. The van der Waals surface area contributed by atoms with Gasteiger partial charge < -0.3 is 11.1 Å². The van der Waals surface area contributed by atoms with Gasteiger partial charge in [-0.05, 0) is 24.3 Å². The van der Waals surface area contributed by atoms with Gasteiger partial charge >= 0.3 is 0 Å². The molecule has 0 aliphatic heterocycles. The summed E-state index contributed by atoms with van der Waals surface area (Å²) in [6, 6.07) is 6.67. The molecule has 0 bridgehead atoms. The third-order valence-electron chi connectivity index (χ3n) is 2.10. The van der Waals surface area contributed by atoms with Crippen molar-refractivity contribution in [3.8, 4) is 0 Å². The molecular weight excluding hydrogens is 281 g/mol. The van der Waals surface area contributed by atoms with Crippen molar-refractivity contribution < 1.29 is 0 Å². The normalized spacial score (nSPS) is 10.3. The van der Waals surface area contributed by atoms with Gasteiger partial charge in [-0.15, -0.1) is 0 Å². The van der Waals surface area contributed by atoms with Crippen LogP contribution >= 0.6 is 34.8 Å². The second-order valence-electron chi connectivity index (χ2n) is 3.31. The van der Waals surface area contributed by atoms with Crippen LogP contribution in [0.25, 0.3) is 0 Å². The number of hydrogen-bond acceptors (Lipinski definition) is 3. The van der Waals surface area contributed by atoms with Crippen molar-refractivity contribution in [2.75, 3.05) is 11.1 Å². The van der Waals surface area contributed by atoms with Crippen LogP contribution in [-0.2, 0) is 0 Å². The summed E-state index contributed by atoms with van der Waals surface area (Å²) in [6.07, 6.45) is 1.63. The van der Waals surface area contributed by atoms with Gasteiger partial charge in [-0.25, -0.2) is 4.98 Å². The number of hydrogen-bond donors (Lipinski definition) is 2. The SMILES string of the molecule is Nc1cccnc1Nc1cc(Cl)c(Cl)cc1Cl. The van der Waals surface area contributed by atoms with Gasteiger partial charge in [-0.1, -0.05) is 34.8 Å². The number of halogens is 3. The molecule has 0 fully saturated rings. The maximum absolute atomic E-state index is 6.03. The number of aromatic nitrogens is 1. The highest BCUT2D eigenvalue weighted by atomic mass is 35.5. The van der Waals surface area contributed by atoms with Gasteiger partial charge in [0.25, 0.3) is 0 Å². The summed E-state index contributed by atoms with van der Waals surface area (Å²) in [4.78, 5) is 4.10. The van der Waals surface area contributed by atoms with E-state index in [4.69, 9.17) is 40.5 Å². The minimum absolute atomic E-state index is 0.399. The molecule has 0 saturated carbocycles. The van der Waals surface area contributed by atoms with Gasteiger partial charge in [0.2, 0.25) is 0 Å². The molecule has 17 heavy (non-hydrogen) atoms. The molecule has 1 heterocycles. The molecule has 0 amide bonds. The first-order valence-corrected chi connectivity index (χ1v) is 5.83. The number of rotatable bonds is 2. The Bertz CT molecular complexity index is 558. The molecule has 0 aliphatic carbocycles. The molecule has 3 N–H and O–H groups in total. The molecule has 0 spiro atoms. The number of nitrogens with one attached hydrogen (secondary N) is 1. The zero-order chi connectivity index (χ0) is 12.4. The fourth-order valence-electron chi connectivity index (χ4n) is 1.27. The highest BCUT2D eigenvalue weighted by Gasteiger charge is 2.08. The smallest absolute Gasteiger partial charge is 0.153 e. The topological polar surface area (TPSA) is 50.9 Å². The van der Waals surface area contributed by atoms with Crippen molar-refractivity contribution in [3.05, 3.63) is 45.5 Å². The summed E-state index contributed by atoms with van der Waals surface area (Å²) in [7, 11) is 0. The second kappa shape index (κ2) is 5.00. The highest BCUT2D eigenvalue weighted by Crippen LogP contribution is 2.34. The van der Waals surface area contributed by atoms with Crippen LogP contribution in [-0.4, -0.2) is 4.98 Å². The van der Waals surface area contributed by atoms with E-state index >= 15 is 0 Å². The summed E-state index contributed by atoms with van der Waals surface area (Å²) >= 11 is 17.8. The van der Waals surface area contributed by atoms with Crippen molar-refractivity contribution in [1.82, 2.24) is 4.98 Å². The number of pyridine rings is 1. The van der Waals surface area contributed by atoms with Crippen LogP contribution in [0.2, 0.25) is 15.1 Å². The van der Waals surface area contributed by atoms with E-state index in [2.05, 4.69) is 10.3 Å². The van der Waals surface area contributed by atoms with Gasteiger partial charge in [-0.3, -0.25) is 0 Å². The molecule has 0 radical (unpaired) electrons. The van der Waals surface area contributed by atoms with Gasteiger partial charge in [0, 0.05) is 6.20 Å². The standard InChI is InChI=1S/C11H8Cl3N3/c12-6-4-8(14)10(5-7(6)13)17-11-9(15)2-1-3-16-11/h1-5H,15H2,(H,16,17). The maximum Gasteiger partial charge on any atom is 0.153 e. The van der Waals surface area contributed by atoms with E-state index in [1.807, 2.05) is 0 Å². The van der Waals surface area contributed by atoms with Gasteiger partial charge in [-0.2, -0.15) is 0 Å². The Balaban J connectivity index is 2.37. The van der Waals surface area contributed by atoms with Crippen LogP contribution in [0.1, 0.15) is 0 Å². The molecule has 0 unspecified atom stereocenters. The van der Waals surface area contributed by atoms with Crippen molar-refractivity contribution >= 4 is 52.0 Å². The highest BCUT2D eigenvalue weighted by molar-refractivity contribution is 6.44. The first-order chi connectivity index (χ1) is 8.08. The molecule has 88 valence electrons. The minimum Gasteiger partial charge on any atom is -0.396 e. The number of nitrogen functional groups attached to an aromatic ring is 1. The summed E-state index contributed by atoms with van der Waals surface area (Å²) in [6.45, 7) is 0. The van der Waals surface area contributed by atoms with Crippen molar-refractivity contribution in [2.45, 2.75) is 0 Å². The second-order valence-corrected chi connectivity index (χ2v) is 4.53. The van der Waals surface area contributed by atoms with Crippen molar-refractivity contribution in [3.63, 3.8) is 0 Å². The van der Waals surface area contributed by atoms with E-state index in [0.29, 0.717) is 32.3 Å². The van der Waals surface area contributed by atoms with E-state index in [-0.39, 0.29) is 0 Å². The number of benzene rings is 1. The molecule has 2 aromatic rings. The summed E-state index contributed by atoms with van der Waals surface area (Å²) in [5.74, 6) is 0.521. The van der Waals surface area contributed by atoms with E-state index < -0.39 is 0 Å². The maximum atomic E-state index is 6.03. The summed E-state index contributed by atoms with van der Waals surface area (Å²) in [5.41, 5.74) is 6.89. The monoisotopic (exact) mass is 287 g/mol. The summed E-state index contributed by atoms with van der Waals surface area (Å²) in [5, 5.41) is 4.26. The van der Waals surface area contributed by atoms with Crippen molar-refractivity contribution in [2.24, 2.45) is 0 Å². The minimum atomic E-state index is 0.399. The fraction of sp³-hybridized carbons (Fsp3) is 0. The molecule has 1 aromatic heterocycles. The predicted molar refractivity (Wildman–Crippen MR) is 73.4 cm³/mol. The predicted octanol–water partition coefficient (Wildman–Crippen LogP) is 4.37. The average molecular weight is 289 g/mol. The van der Waals surface area contributed by atoms with Gasteiger partial charge in [0.05, 0.1) is 26.4 Å². The molecule has 1 aromatic carbocycles. The molecule has 2 rings (SSSR count). The zero-order valence-electron chi connectivity index (χ0n) is 8.55. The Morgan fingerprint density at radius 3 is 2.47 bits per heavy atom. The summed E-state index contributed by atoms with van der Waals surface area (Å²) < 4.78 is 0. The lowest BCUT2D eigenvalue weighted by atomic mass is 10.3.